The smallest absolute Gasteiger partial charge is 0.319 e. The number of urea groups is 1. The van der Waals surface area contributed by atoms with Crippen LogP contribution in [0.2, 0.25) is 0 Å². The van der Waals surface area contributed by atoms with E-state index in [1.807, 2.05) is 24.3 Å². The van der Waals surface area contributed by atoms with Gasteiger partial charge in [-0.2, -0.15) is 0 Å². The highest BCUT2D eigenvalue weighted by atomic mass is 32.2. The third kappa shape index (κ3) is 4.46. The van der Waals surface area contributed by atoms with E-state index in [4.69, 9.17) is 0 Å². The first-order valence-corrected chi connectivity index (χ1v) is 8.97. The molecule has 0 aliphatic heterocycles. The maximum absolute atomic E-state index is 11.8. The minimum atomic E-state index is -3.12. The Labute approximate surface area is 126 Å². The number of carbonyl (C=O) groups is 1. The average molecular weight is 310 g/mol. The SMILES string of the molecule is CC(C)S(=O)(=O)CCNC(=O)Nc1ccccc1C1CC1. The lowest BCUT2D eigenvalue weighted by atomic mass is 10.1. The normalized spacial score (nSPS) is 15.0. The molecule has 116 valence electrons. The van der Waals surface area contributed by atoms with E-state index in [1.165, 1.54) is 0 Å². The molecule has 1 aliphatic carbocycles. The molecule has 0 atom stereocenters. The van der Waals surface area contributed by atoms with Crippen molar-refractivity contribution >= 4 is 21.6 Å². The number of hydrogen-bond acceptors (Lipinski definition) is 3. The molecular weight excluding hydrogens is 288 g/mol. The molecule has 1 aromatic rings. The Morgan fingerprint density at radius 1 is 1.29 bits per heavy atom. The molecular formula is C15H22N2O3S. The molecule has 5 nitrogen and oxygen atoms in total. The highest BCUT2D eigenvalue weighted by Gasteiger charge is 2.26. The first-order chi connectivity index (χ1) is 9.90. The fourth-order valence-corrected chi connectivity index (χ4v) is 2.93. The number of benzene rings is 1. The summed E-state index contributed by atoms with van der Waals surface area (Å²) < 4.78 is 23.3. The topological polar surface area (TPSA) is 75.3 Å². The van der Waals surface area contributed by atoms with Gasteiger partial charge in [0.2, 0.25) is 0 Å². The van der Waals surface area contributed by atoms with Gasteiger partial charge < -0.3 is 10.6 Å². The molecule has 1 fully saturated rings. The Bertz CT molecular complexity index is 607. The van der Waals surface area contributed by atoms with Gasteiger partial charge in [-0.05, 0) is 44.2 Å². The van der Waals surface area contributed by atoms with Crippen molar-refractivity contribution in [2.45, 2.75) is 37.9 Å². The molecule has 21 heavy (non-hydrogen) atoms. The Morgan fingerprint density at radius 3 is 2.57 bits per heavy atom. The Hall–Kier alpha value is -1.56. The van der Waals surface area contributed by atoms with Crippen LogP contribution < -0.4 is 10.6 Å². The van der Waals surface area contributed by atoms with E-state index in [1.54, 1.807) is 13.8 Å². The molecule has 2 N–H and O–H groups in total. The van der Waals surface area contributed by atoms with Crippen molar-refractivity contribution < 1.29 is 13.2 Å². The summed E-state index contributed by atoms with van der Waals surface area (Å²) in [5.41, 5.74) is 1.96. The van der Waals surface area contributed by atoms with Crippen LogP contribution in [0.1, 0.15) is 38.2 Å². The zero-order valence-electron chi connectivity index (χ0n) is 12.4. The molecule has 0 unspecified atom stereocenters. The van der Waals surface area contributed by atoms with Gasteiger partial charge in [0.05, 0.1) is 11.0 Å². The van der Waals surface area contributed by atoms with Crippen LogP contribution in [0.3, 0.4) is 0 Å². The van der Waals surface area contributed by atoms with Gasteiger partial charge in [0.15, 0.2) is 9.84 Å². The summed E-state index contributed by atoms with van der Waals surface area (Å²) in [5.74, 6) is 0.505. The standard InChI is InChI=1S/C15H22N2O3S/c1-11(2)21(19,20)10-9-16-15(18)17-14-6-4-3-5-13(14)12-7-8-12/h3-6,11-12H,7-10H2,1-2H3,(H2,16,17,18). The van der Waals surface area contributed by atoms with Gasteiger partial charge in [0.1, 0.15) is 0 Å². The van der Waals surface area contributed by atoms with E-state index in [0.717, 1.165) is 24.1 Å². The molecule has 0 aromatic heterocycles. The second kappa shape index (κ2) is 6.47. The molecule has 1 aromatic carbocycles. The Kier molecular flexibility index (Phi) is 4.88. The van der Waals surface area contributed by atoms with E-state index in [2.05, 4.69) is 10.6 Å². The van der Waals surface area contributed by atoms with Crippen molar-refractivity contribution in [3.63, 3.8) is 0 Å². The predicted octanol–water partition coefficient (Wildman–Crippen LogP) is 2.51. The van der Waals surface area contributed by atoms with Crippen molar-refractivity contribution in [3.8, 4) is 0 Å². The van der Waals surface area contributed by atoms with Crippen LogP contribution in [0.15, 0.2) is 24.3 Å². The average Bonchev–Trinajstić information content (AvgIpc) is 3.23. The van der Waals surface area contributed by atoms with Crippen molar-refractivity contribution in [1.82, 2.24) is 5.32 Å². The first kappa shape index (κ1) is 15.8. The largest absolute Gasteiger partial charge is 0.337 e. The summed E-state index contributed by atoms with van der Waals surface area (Å²) in [5, 5.41) is 4.98. The van der Waals surface area contributed by atoms with E-state index in [9.17, 15) is 13.2 Å². The quantitative estimate of drug-likeness (QED) is 0.847. The highest BCUT2D eigenvalue weighted by molar-refractivity contribution is 7.92. The van der Waals surface area contributed by atoms with E-state index in [0.29, 0.717) is 5.92 Å². The number of para-hydroxylation sites is 1. The Balaban J connectivity index is 1.85. The third-order valence-corrected chi connectivity index (χ3v) is 5.83. The molecule has 0 heterocycles. The van der Waals surface area contributed by atoms with Gasteiger partial charge in [-0.1, -0.05) is 18.2 Å². The molecule has 1 saturated carbocycles. The van der Waals surface area contributed by atoms with Gasteiger partial charge in [-0.15, -0.1) is 0 Å². The summed E-state index contributed by atoms with van der Waals surface area (Å²) in [6.45, 7) is 3.40. The van der Waals surface area contributed by atoms with Gasteiger partial charge in [-0.3, -0.25) is 0 Å². The van der Waals surface area contributed by atoms with Gasteiger partial charge in [-0.25, -0.2) is 13.2 Å². The molecule has 0 radical (unpaired) electrons. The van der Waals surface area contributed by atoms with Crippen LogP contribution in [0.25, 0.3) is 0 Å². The van der Waals surface area contributed by atoms with E-state index in [-0.39, 0.29) is 18.3 Å². The number of rotatable bonds is 6. The molecule has 0 bridgehead atoms. The second-order valence-corrected chi connectivity index (χ2v) is 8.33. The van der Waals surface area contributed by atoms with Gasteiger partial charge >= 0.3 is 6.03 Å². The highest BCUT2D eigenvalue weighted by Crippen LogP contribution is 2.43. The van der Waals surface area contributed by atoms with Crippen LogP contribution in [-0.4, -0.2) is 32.0 Å². The van der Waals surface area contributed by atoms with Gasteiger partial charge in [0.25, 0.3) is 0 Å². The van der Waals surface area contributed by atoms with Crippen molar-refractivity contribution in [2.24, 2.45) is 0 Å². The second-order valence-electron chi connectivity index (χ2n) is 5.66. The number of amides is 2. The number of nitrogens with one attached hydrogen (secondary N) is 2. The molecule has 0 saturated heterocycles. The van der Waals surface area contributed by atoms with E-state index >= 15 is 0 Å². The molecule has 1 aliphatic rings. The van der Waals surface area contributed by atoms with Crippen LogP contribution in [0.4, 0.5) is 10.5 Å². The summed E-state index contributed by atoms with van der Waals surface area (Å²) in [6, 6.07) is 7.38. The molecule has 2 rings (SSSR count). The number of sulfone groups is 1. The molecule has 0 spiro atoms. The van der Waals surface area contributed by atoms with Crippen LogP contribution >= 0.6 is 0 Å². The summed E-state index contributed by atoms with van der Waals surface area (Å²) in [7, 11) is -3.12. The fourth-order valence-electron chi connectivity index (χ4n) is 2.07. The van der Waals surface area contributed by atoms with E-state index < -0.39 is 15.1 Å². The number of anilines is 1. The third-order valence-electron chi connectivity index (χ3n) is 3.62. The zero-order valence-corrected chi connectivity index (χ0v) is 13.2. The first-order valence-electron chi connectivity index (χ1n) is 7.25. The van der Waals surface area contributed by atoms with Crippen LogP contribution in [-0.2, 0) is 9.84 Å². The van der Waals surface area contributed by atoms with Crippen molar-refractivity contribution in [1.29, 1.82) is 0 Å². The lowest BCUT2D eigenvalue weighted by molar-refractivity contribution is 0.252. The fraction of sp³-hybridized carbons (Fsp3) is 0.533. The summed E-state index contributed by atoms with van der Waals surface area (Å²) in [4.78, 5) is 11.8. The number of hydrogen-bond donors (Lipinski definition) is 2. The lowest BCUT2D eigenvalue weighted by Gasteiger charge is -2.12. The van der Waals surface area contributed by atoms with Crippen molar-refractivity contribution in [3.05, 3.63) is 29.8 Å². The molecule has 6 heteroatoms. The summed E-state index contributed by atoms with van der Waals surface area (Å²) in [6.07, 6.45) is 2.32. The van der Waals surface area contributed by atoms with Crippen LogP contribution in [0, 0.1) is 0 Å². The summed E-state index contributed by atoms with van der Waals surface area (Å²) >= 11 is 0. The minimum Gasteiger partial charge on any atom is -0.337 e. The maximum atomic E-state index is 11.8. The minimum absolute atomic E-state index is 0.0393. The lowest BCUT2D eigenvalue weighted by Crippen LogP contribution is -2.34. The molecule has 2 amide bonds. The van der Waals surface area contributed by atoms with Crippen molar-refractivity contribution in [2.75, 3.05) is 17.6 Å². The number of carbonyl (C=O) groups excluding carboxylic acids is 1. The Morgan fingerprint density at radius 2 is 1.95 bits per heavy atom. The predicted molar refractivity (Wildman–Crippen MR) is 84.4 cm³/mol. The zero-order chi connectivity index (χ0) is 15.5. The van der Waals surface area contributed by atoms with Crippen LogP contribution in [0.5, 0.6) is 0 Å². The maximum Gasteiger partial charge on any atom is 0.319 e. The monoisotopic (exact) mass is 310 g/mol. The van der Waals surface area contributed by atoms with Gasteiger partial charge in [0, 0.05) is 12.2 Å².